The number of nitrogens with zero attached hydrogens (tertiary/aromatic N) is 1. The van der Waals surface area contributed by atoms with Gasteiger partial charge in [0.05, 0.1) is 16.6 Å². The fraction of sp³-hybridized carbons (Fsp3) is 0.0952. The average molecular weight is 398 g/mol. The molecule has 0 atom stereocenters. The van der Waals surface area contributed by atoms with Crippen LogP contribution in [0.1, 0.15) is 15.9 Å². The third-order valence-electron chi connectivity index (χ3n) is 4.56. The molecule has 0 aliphatic heterocycles. The minimum absolute atomic E-state index is 0.278. The number of nitrogens with two attached hydrogens (primary N) is 1. The van der Waals surface area contributed by atoms with Gasteiger partial charge < -0.3 is 9.30 Å². The smallest absolute Gasteiger partial charge is 0.406 e. The first-order chi connectivity index (χ1) is 13.9. The molecular formula is C21H15F3N3O2. The van der Waals surface area contributed by atoms with Crippen molar-refractivity contribution in [2.75, 3.05) is 0 Å². The van der Waals surface area contributed by atoms with E-state index in [9.17, 15) is 18.0 Å². The molecule has 1 aromatic heterocycles. The Morgan fingerprint density at radius 2 is 1.86 bits per heavy atom. The number of aromatic nitrogens is 1. The Bertz CT molecular complexity index is 1210. The highest BCUT2D eigenvalue weighted by Gasteiger charge is 2.31. The lowest BCUT2D eigenvalue weighted by molar-refractivity contribution is -0.274. The third kappa shape index (κ3) is 3.62. The Morgan fingerprint density at radius 3 is 2.62 bits per heavy atom. The molecular weight excluding hydrogens is 383 g/mol. The van der Waals surface area contributed by atoms with Crippen LogP contribution in [0.15, 0.2) is 60.7 Å². The van der Waals surface area contributed by atoms with Gasteiger partial charge in [0.1, 0.15) is 5.75 Å². The van der Waals surface area contributed by atoms with Crippen molar-refractivity contribution in [3.05, 3.63) is 77.9 Å². The average Bonchev–Trinajstić information content (AvgIpc) is 3.00. The zero-order chi connectivity index (χ0) is 20.6. The maximum Gasteiger partial charge on any atom is 0.573 e. The number of alkyl halides is 3. The van der Waals surface area contributed by atoms with Gasteiger partial charge in [-0.1, -0.05) is 30.3 Å². The molecule has 0 unspecified atom stereocenters. The molecule has 4 rings (SSSR count). The van der Waals surface area contributed by atoms with E-state index in [4.69, 9.17) is 5.84 Å². The van der Waals surface area contributed by atoms with Gasteiger partial charge in [0, 0.05) is 17.3 Å². The van der Waals surface area contributed by atoms with E-state index < -0.39 is 12.3 Å². The summed E-state index contributed by atoms with van der Waals surface area (Å²) in [6.45, 7) is 0.278. The summed E-state index contributed by atoms with van der Waals surface area (Å²) >= 11 is 0. The predicted octanol–water partition coefficient (Wildman–Crippen LogP) is 4.15. The van der Waals surface area contributed by atoms with Crippen LogP contribution in [0.5, 0.6) is 5.75 Å². The number of ether oxygens (including phenoxy) is 1. The first kappa shape index (κ1) is 18.8. The van der Waals surface area contributed by atoms with Crippen LogP contribution in [0, 0.1) is 6.07 Å². The molecule has 0 saturated carbocycles. The quantitative estimate of drug-likeness (QED) is 0.308. The Kier molecular flexibility index (Phi) is 4.63. The second-order valence-corrected chi connectivity index (χ2v) is 6.38. The van der Waals surface area contributed by atoms with Crippen molar-refractivity contribution in [1.29, 1.82) is 0 Å². The molecule has 0 fully saturated rings. The van der Waals surface area contributed by atoms with E-state index in [2.05, 4.69) is 16.2 Å². The Morgan fingerprint density at radius 1 is 1.10 bits per heavy atom. The van der Waals surface area contributed by atoms with Gasteiger partial charge in [0.15, 0.2) is 0 Å². The van der Waals surface area contributed by atoms with E-state index in [0.29, 0.717) is 16.5 Å². The van der Waals surface area contributed by atoms with E-state index in [-0.39, 0.29) is 12.3 Å². The van der Waals surface area contributed by atoms with Gasteiger partial charge in [-0.25, -0.2) is 5.84 Å². The zero-order valence-corrected chi connectivity index (χ0v) is 15.0. The Balaban J connectivity index is 1.86. The number of fused-ring (bicyclic) bond motifs is 3. The lowest BCUT2D eigenvalue weighted by atomic mass is 10.1. The van der Waals surface area contributed by atoms with Crippen molar-refractivity contribution in [2.45, 2.75) is 12.9 Å². The van der Waals surface area contributed by atoms with Crippen molar-refractivity contribution in [2.24, 2.45) is 5.84 Å². The number of nitrogen functional groups attached to an aromatic ring is 1. The van der Waals surface area contributed by atoms with Crippen molar-refractivity contribution >= 4 is 27.7 Å². The molecule has 5 nitrogen and oxygen atoms in total. The van der Waals surface area contributed by atoms with Gasteiger partial charge in [-0.2, -0.15) is 0 Å². The first-order valence-electron chi connectivity index (χ1n) is 8.64. The maximum absolute atomic E-state index is 12.5. The Hall–Kier alpha value is -3.52. The summed E-state index contributed by atoms with van der Waals surface area (Å²) < 4.78 is 43.6. The summed E-state index contributed by atoms with van der Waals surface area (Å²) in [5, 5.41) is 1.40. The molecule has 147 valence electrons. The number of carbonyl (C=O) groups is 1. The topological polar surface area (TPSA) is 69.3 Å². The molecule has 3 N–H and O–H groups in total. The monoisotopic (exact) mass is 398 g/mol. The highest BCUT2D eigenvalue weighted by Crippen LogP contribution is 2.32. The molecule has 0 spiro atoms. The van der Waals surface area contributed by atoms with Gasteiger partial charge in [-0.05, 0) is 42.0 Å². The molecule has 29 heavy (non-hydrogen) atoms. The third-order valence-corrected chi connectivity index (χ3v) is 4.56. The normalized spacial score (nSPS) is 11.7. The van der Waals surface area contributed by atoms with Crippen molar-refractivity contribution < 1.29 is 22.7 Å². The van der Waals surface area contributed by atoms with Gasteiger partial charge >= 0.3 is 6.36 Å². The van der Waals surface area contributed by atoms with Crippen molar-refractivity contribution in [3.8, 4) is 5.75 Å². The predicted molar refractivity (Wildman–Crippen MR) is 102 cm³/mol. The highest BCUT2D eigenvalue weighted by molar-refractivity contribution is 6.17. The standard InChI is InChI=1S/C21H15F3N3O2/c22-21(23,24)29-14-6-3-5-13(11-14)12-27-17-9-2-1-7-15(17)19-16(20(28)26-25)8-4-10-18(19)27/h1-6,8-11H,12,25H2,(H,26,28). The second kappa shape index (κ2) is 7.14. The van der Waals surface area contributed by atoms with Crippen LogP contribution in [0.25, 0.3) is 21.8 Å². The molecule has 8 heteroatoms. The van der Waals surface area contributed by atoms with Gasteiger partial charge in [-0.3, -0.25) is 10.2 Å². The molecule has 4 aromatic rings. The second-order valence-electron chi connectivity index (χ2n) is 6.38. The molecule has 1 heterocycles. The van der Waals surface area contributed by atoms with Gasteiger partial charge in [0.25, 0.3) is 5.91 Å². The summed E-state index contributed by atoms with van der Waals surface area (Å²) in [4.78, 5) is 12.2. The minimum Gasteiger partial charge on any atom is -0.406 e. The molecule has 0 aliphatic rings. The van der Waals surface area contributed by atoms with Crippen LogP contribution >= 0.6 is 0 Å². The van der Waals surface area contributed by atoms with E-state index in [1.807, 2.05) is 22.8 Å². The van der Waals surface area contributed by atoms with Crippen molar-refractivity contribution in [3.63, 3.8) is 0 Å². The van der Waals surface area contributed by atoms with Crippen LogP contribution in [-0.4, -0.2) is 16.8 Å². The SMILES string of the molecule is NNC(=O)c1cccc2c1c1[c]cccc1n2Cc1cccc(OC(F)(F)F)c1. The van der Waals surface area contributed by atoms with Crippen LogP contribution in [0.4, 0.5) is 13.2 Å². The summed E-state index contributed by atoms with van der Waals surface area (Å²) in [5.74, 6) is 4.59. The number of amides is 1. The van der Waals surface area contributed by atoms with E-state index in [0.717, 1.165) is 16.4 Å². The molecule has 1 radical (unpaired) electrons. The first-order valence-corrected chi connectivity index (χ1v) is 8.64. The summed E-state index contributed by atoms with van der Waals surface area (Å²) in [7, 11) is 0. The number of nitrogens with one attached hydrogen (secondary N) is 1. The van der Waals surface area contributed by atoms with E-state index in [1.165, 1.54) is 18.2 Å². The fourth-order valence-electron chi connectivity index (χ4n) is 3.47. The molecule has 0 bridgehead atoms. The largest absolute Gasteiger partial charge is 0.573 e. The highest BCUT2D eigenvalue weighted by atomic mass is 19.4. The Labute approximate surface area is 163 Å². The molecule has 1 amide bonds. The molecule has 0 aliphatic carbocycles. The minimum atomic E-state index is -4.76. The number of rotatable bonds is 4. The van der Waals surface area contributed by atoms with Gasteiger partial charge in [0.2, 0.25) is 0 Å². The van der Waals surface area contributed by atoms with Crippen LogP contribution in [-0.2, 0) is 6.54 Å². The number of hydrogen-bond acceptors (Lipinski definition) is 3. The number of hydrogen-bond donors (Lipinski definition) is 2. The number of hydrazine groups is 1. The van der Waals surface area contributed by atoms with E-state index >= 15 is 0 Å². The number of carbonyl (C=O) groups excluding carboxylic acids is 1. The zero-order valence-electron chi connectivity index (χ0n) is 15.0. The number of benzene rings is 3. The lowest BCUT2D eigenvalue weighted by Crippen LogP contribution is -2.30. The summed E-state index contributed by atoms with van der Waals surface area (Å²) in [5.41, 5.74) is 4.68. The van der Waals surface area contributed by atoms with E-state index in [1.54, 1.807) is 24.3 Å². The van der Waals surface area contributed by atoms with Crippen molar-refractivity contribution in [1.82, 2.24) is 9.99 Å². The molecule has 3 aromatic carbocycles. The van der Waals surface area contributed by atoms with Gasteiger partial charge in [-0.15, -0.1) is 13.2 Å². The van der Waals surface area contributed by atoms with Crippen LogP contribution in [0.3, 0.4) is 0 Å². The number of halogens is 3. The van der Waals surface area contributed by atoms with Crippen LogP contribution in [0.2, 0.25) is 0 Å². The summed E-state index contributed by atoms with van der Waals surface area (Å²) in [6, 6.07) is 19.6. The maximum atomic E-state index is 12.5. The molecule has 0 saturated heterocycles. The summed E-state index contributed by atoms with van der Waals surface area (Å²) in [6.07, 6.45) is -4.76. The lowest BCUT2D eigenvalue weighted by Gasteiger charge is -2.12. The fourth-order valence-corrected chi connectivity index (χ4v) is 3.47. The van der Waals surface area contributed by atoms with Crippen LogP contribution < -0.4 is 16.0 Å².